The van der Waals surface area contributed by atoms with Gasteiger partial charge in [0.15, 0.2) is 11.6 Å². The number of benzene rings is 1. The van der Waals surface area contributed by atoms with Crippen molar-refractivity contribution < 1.29 is 9.50 Å². The van der Waals surface area contributed by atoms with Crippen molar-refractivity contribution in [2.45, 2.75) is 38.0 Å². The van der Waals surface area contributed by atoms with E-state index in [4.69, 9.17) is 5.11 Å². The molecule has 0 saturated heterocycles. The first kappa shape index (κ1) is 12.2. The Kier molecular flexibility index (Phi) is 3.82. The molecular formula is C15H19FO. The lowest BCUT2D eigenvalue weighted by Crippen LogP contribution is -2.12. The van der Waals surface area contributed by atoms with Crippen molar-refractivity contribution in [1.29, 1.82) is 0 Å². The van der Waals surface area contributed by atoms with Crippen LogP contribution in [0.2, 0.25) is 0 Å². The van der Waals surface area contributed by atoms with E-state index in [0.29, 0.717) is 5.92 Å². The minimum atomic E-state index is -0.504. The van der Waals surface area contributed by atoms with Gasteiger partial charge in [-0.15, -0.1) is 6.58 Å². The highest BCUT2D eigenvalue weighted by molar-refractivity contribution is 5.30. The molecule has 2 rings (SSSR count). The molecule has 0 aliphatic heterocycles. The second-order valence-corrected chi connectivity index (χ2v) is 4.95. The topological polar surface area (TPSA) is 20.2 Å². The van der Waals surface area contributed by atoms with E-state index in [1.165, 1.54) is 25.0 Å². The summed E-state index contributed by atoms with van der Waals surface area (Å²) in [4.78, 5) is 0. The van der Waals surface area contributed by atoms with Crippen LogP contribution in [0.4, 0.5) is 4.39 Å². The van der Waals surface area contributed by atoms with E-state index in [0.717, 1.165) is 30.7 Å². The first-order chi connectivity index (χ1) is 8.20. The summed E-state index contributed by atoms with van der Waals surface area (Å²) >= 11 is 0. The highest BCUT2D eigenvalue weighted by atomic mass is 19.1. The van der Waals surface area contributed by atoms with Crippen LogP contribution in [0.25, 0.3) is 0 Å². The van der Waals surface area contributed by atoms with Gasteiger partial charge in [-0.05, 0) is 61.6 Å². The molecule has 17 heavy (non-hydrogen) atoms. The number of phenolic OH excluding ortho intramolecular Hbond substituents is 1. The van der Waals surface area contributed by atoms with Crippen LogP contribution < -0.4 is 0 Å². The third kappa shape index (κ3) is 2.87. The van der Waals surface area contributed by atoms with Crippen molar-refractivity contribution in [3.8, 4) is 5.75 Å². The van der Waals surface area contributed by atoms with Crippen LogP contribution in [0.3, 0.4) is 0 Å². The molecular weight excluding hydrogens is 215 g/mol. The monoisotopic (exact) mass is 234 g/mol. The van der Waals surface area contributed by atoms with Crippen LogP contribution in [-0.2, 0) is 0 Å². The predicted molar refractivity (Wildman–Crippen MR) is 67.6 cm³/mol. The number of aromatic hydroxyl groups is 1. The van der Waals surface area contributed by atoms with Gasteiger partial charge in [0.25, 0.3) is 0 Å². The van der Waals surface area contributed by atoms with Gasteiger partial charge >= 0.3 is 0 Å². The SMILES string of the molecule is C=CC[C@H]1CC[C@H](c2ccc(O)c(F)c2)CC1. The molecule has 2 heteroatoms. The first-order valence-corrected chi connectivity index (χ1v) is 6.30. The zero-order chi connectivity index (χ0) is 12.3. The normalized spacial score (nSPS) is 24.5. The molecule has 0 heterocycles. The van der Waals surface area contributed by atoms with Crippen molar-refractivity contribution in [1.82, 2.24) is 0 Å². The van der Waals surface area contributed by atoms with E-state index in [-0.39, 0.29) is 5.75 Å². The Morgan fingerprint density at radius 2 is 2.00 bits per heavy atom. The Balaban J connectivity index is 2.00. The molecule has 1 aromatic carbocycles. The Morgan fingerprint density at radius 1 is 1.29 bits per heavy atom. The van der Waals surface area contributed by atoms with Gasteiger partial charge in [0.1, 0.15) is 0 Å². The van der Waals surface area contributed by atoms with Gasteiger partial charge < -0.3 is 5.11 Å². The minimum absolute atomic E-state index is 0.255. The molecule has 0 unspecified atom stereocenters. The molecule has 0 amide bonds. The van der Waals surface area contributed by atoms with E-state index in [9.17, 15) is 4.39 Å². The smallest absolute Gasteiger partial charge is 0.165 e. The molecule has 1 nitrogen and oxygen atoms in total. The van der Waals surface area contributed by atoms with Gasteiger partial charge in [0, 0.05) is 0 Å². The lowest BCUT2D eigenvalue weighted by Gasteiger charge is -2.28. The lowest BCUT2D eigenvalue weighted by atomic mass is 9.77. The van der Waals surface area contributed by atoms with Crippen molar-refractivity contribution in [2.75, 3.05) is 0 Å². The van der Waals surface area contributed by atoms with E-state index in [2.05, 4.69) is 6.58 Å². The molecule has 92 valence electrons. The van der Waals surface area contributed by atoms with Gasteiger partial charge in [-0.25, -0.2) is 4.39 Å². The number of hydrogen-bond donors (Lipinski definition) is 1. The standard InChI is InChI=1S/C15H19FO/c1-2-3-11-4-6-12(7-5-11)13-8-9-15(17)14(16)10-13/h2,8-12,17H,1,3-7H2/t11-,12-. The molecule has 0 spiro atoms. The second kappa shape index (κ2) is 5.35. The van der Waals surface area contributed by atoms with Crippen molar-refractivity contribution >= 4 is 0 Å². The fourth-order valence-electron chi connectivity index (χ4n) is 2.74. The summed E-state index contributed by atoms with van der Waals surface area (Å²) in [6.45, 7) is 3.78. The summed E-state index contributed by atoms with van der Waals surface area (Å²) in [5, 5.41) is 9.17. The zero-order valence-electron chi connectivity index (χ0n) is 10.0. The van der Waals surface area contributed by atoms with E-state index in [1.807, 2.05) is 12.1 Å². The van der Waals surface area contributed by atoms with Gasteiger partial charge in [-0.3, -0.25) is 0 Å². The van der Waals surface area contributed by atoms with Gasteiger partial charge in [-0.1, -0.05) is 12.1 Å². The summed E-state index contributed by atoms with van der Waals surface area (Å²) in [6, 6.07) is 4.78. The Bertz CT molecular complexity index is 392. The summed E-state index contributed by atoms with van der Waals surface area (Å²) in [6.07, 6.45) is 7.70. The fourth-order valence-corrected chi connectivity index (χ4v) is 2.74. The number of hydrogen-bond acceptors (Lipinski definition) is 1. The molecule has 1 aliphatic rings. The fraction of sp³-hybridized carbons (Fsp3) is 0.467. The molecule has 0 bridgehead atoms. The molecule has 0 aromatic heterocycles. The highest BCUT2D eigenvalue weighted by Gasteiger charge is 2.22. The number of rotatable bonds is 3. The molecule has 1 aliphatic carbocycles. The summed E-state index contributed by atoms with van der Waals surface area (Å²) in [5.74, 6) is 0.446. The van der Waals surface area contributed by atoms with Crippen LogP contribution in [0.5, 0.6) is 5.75 Å². The molecule has 1 saturated carbocycles. The number of halogens is 1. The quantitative estimate of drug-likeness (QED) is 0.769. The number of allylic oxidation sites excluding steroid dienone is 1. The van der Waals surface area contributed by atoms with Crippen LogP contribution >= 0.6 is 0 Å². The van der Waals surface area contributed by atoms with E-state index >= 15 is 0 Å². The Morgan fingerprint density at radius 3 is 2.59 bits per heavy atom. The lowest BCUT2D eigenvalue weighted by molar-refractivity contribution is 0.327. The zero-order valence-corrected chi connectivity index (χ0v) is 10.0. The molecule has 1 fully saturated rings. The third-order valence-corrected chi connectivity index (χ3v) is 3.79. The van der Waals surface area contributed by atoms with Crippen LogP contribution in [0.15, 0.2) is 30.9 Å². The maximum atomic E-state index is 13.3. The first-order valence-electron chi connectivity index (χ1n) is 6.30. The Labute approximate surface area is 102 Å². The summed E-state index contributed by atoms with van der Waals surface area (Å²) in [5.41, 5.74) is 1.03. The molecule has 0 radical (unpaired) electrons. The van der Waals surface area contributed by atoms with Gasteiger partial charge in [-0.2, -0.15) is 0 Å². The van der Waals surface area contributed by atoms with Crippen molar-refractivity contribution in [3.63, 3.8) is 0 Å². The average molecular weight is 234 g/mol. The molecule has 1 N–H and O–H groups in total. The van der Waals surface area contributed by atoms with Crippen molar-refractivity contribution in [3.05, 3.63) is 42.2 Å². The second-order valence-electron chi connectivity index (χ2n) is 4.95. The maximum Gasteiger partial charge on any atom is 0.165 e. The van der Waals surface area contributed by atoms with E-state index < -0.39 is 5.82 Å². The van der Waals surface area contributed by atoms with E-state index in [1.54, 1.807) is 0 Å². The summed E-state index contributed by atoms with van der Waals surface area (Å²) < 4.78 is 13.3. The molecule has 1 aromatic rings. The predicted octanol–water partition coefficient (Wildman–Crippen LogP) is 4.38. The van der Waals surface area contributed by atoms with Crippen LogP contribution in [-0.4, -0.2) is 5.11 Å². The van der Waals surface area contributed by atoms with Crippen LogP contribution in [0, 0.1) is 11.7 Å². The van der Waals surface area contributed by atoms with Gasteiger partial charge in [0.2, 0.25) is 0 Å². The van der Waals surface area contributed by atoms with Crippen molar-refractivity contribution in [2.24, 2.45) is 5.92 Å². The van der Waals surface area contributed by atoms with Gasteiger partial charge in [0.05, 0.1) is 0 Å². The third-order valence-electron chi connectivity index (χ3n) is 3.79. The highest BCUT2D eigenvalue weighted by Crippen LogP contribution is 2.37. The van der Waals surface area contributed by atoms with Crippen LogP contribution in [0.1, 0.15) is 43.6 Å². The maximum absolute atomic E-state index is 13.3. The Hall–Kier alpha value is -1.31. The average Bonchev–Trinajstić information content (AvgIpc) is 2.34. The minimum Gasteiger partial charge on any atom is -0.505 e. The summed E-state index contributed by atoms with van der Waals surface area (Å²) in [7, 11) is 0. The number of phenols is 1. The largest absolute Gasteiger partial charge is 0.505 e. The molecule has 0 atom stereocenters.